The number of sulfone groups is 1. The van der Waals surface area contributed by atoms with Crippen LogP contribution in [0.4, 0.5) is 0 Å². The van der Waals surface area contributed by atoms with Gasteiger partial charge in [-0.2, -0.15) is 0 Å². The van der Waals surface area contributed by atoms with Gasteiger partial charge in [-0.3, -0.25) is 4.79 Å². The Morgan fingerprint density at radius 2 is 1.94 bits per heavy atom. The summed E-state index contributed by atoms with van der Waals surface area (Å²) in [5.41, 5.74) is 3.41. The lowest BCUT2D eigenvalue weighted by Crippen LogP contribution is -2.14. The predicted molar refractivity (Wildman–Crippen MR) is 122 cm³/mol. The maximum atomic E-state index is 13.0. The fraction of sp³-hybridized carbons (Fsp3) is 0.409. The Labute approximate surface area is 186 Å². The summed E-state index contributed by atoms with van der Waals surface area (Å²) < 4.78 is 27.8. The van der Waals surface area contributed by atoms with E-state index in [1.54, 1.807) is 0 Å². The first-order valence-electron chi connectivity index (χ1n) is 10.3. The standard InChI is InChI=1S/C22H26N4O3S2/c1-4-25-21(17-8-6-5-7-9-17)23-24-22(25)30-13-20(27)19-12-15(2)26(16(19)3)18-10-11-31(28,29)14-18/h5-9,12,18H,4,10-11,13-14H2,1-3H3. The Morgan fingerprint density at radius 3 is 2.58 bits per heavy atom. The lowest BCUT2D eigenvalue weighted by molar-refractivity contribution is 0.102. The molecule has 0 N–H and O–H groups in total. The molecule has 0 aliphatic carbocycles. The Bertz CT molecular complexity index is 1210. The van der Waals surface area contributed by atoms with Crippen LogP contribution in [0.1, 0.15) is 41.1 Å². The van der Waals surface area contributed by atoms with Gasteiger partial charge in [0, 0.05) is 35.1 Å². The van der Waals surface area contributed by atoms with Gasteiger partial charge in [-0.25, -0.2) is 8.42 Å². The van der Waals surface area contributed by atoms with Crippen molar-refractivity contribution in [3.05, 3.63) is 53.3 Å². The van der Waals surface area contributed by atoms with Crippen LogP contribution < -0.4 is 0 Å². The maximum Gasteiger partial charge on any atom is 0.191 e. The van der Waals surface area contributed by atoms with E-state index in [0.29, 0.717) is 23.7 Å². The van der Waals surface area contributed by atoms with Gasteiger partial charge in [0.2, 0.25) is 0 Å². The smallest absolute Gasteiger partial charge is 0.191 e. The Hall–Kier alpha value is -2.39. The van der Waals surface area contributed by atoms with E-state index in [1.165, 1.54) is 11.8 Å². The SMILES string of the molecule is CCn1c(SCC(=O)c2cc(C)n(C3CCS(=O)(=O)C3)c2C)nnc1-c1ccccc1. The van der Waals surface area contributed by atoms with Crippen molar-refractivity contribution in [3.63, 3.8) is 0 Å². The molecule has 1 saturated heterocycles. The minimum absolute atomic E-state index is 0.0112. The fourth-order valence-corrected chi connectivity index (χ4v) is 6.87. The van der Waals surface area contributed by atoms with Crippen molar-refractivity contribution in [1.29, 1.82) is 0 Å². The number of carbonyl (C=O) groups excluding carboxylic acids is 1. The number of ketones is 1. The molecule has 3 heterocycles. The van der Waals surface area contributed by atoms with E-state index in [2.05, 4.69) is 10.2 Å². The lowest BCUT2D eigenvalue weighted by Gasteiger charge is -2.16. The van der Waals surface area contributed by atoms with Crippen LogP contribution in [0.5, 0.6) is 0 Å². The van der Waals surface area contributed by atoms with Gasteiger partial charge in [0.05, 0.1) is 17.3 Å². The van der Waals surface area contributed by atoms with E-state index >= 15 is 0 Å². The number of aryl methyl sites for hydroxylation is 1. The molecule has 0 radical (unpaired) electrons. The molecule has 1 aliphatic heterocycles. The van der Waals surface area contributed by atoms with Crippen LogP contribution in [0, 0.1) is 13.8 Å². The highest BCUT2D eigenvalue weighted by atomic mass is 32.2. The summed E-state index contributed by atoms with van der Waals surface area (Å²) in [7, 11) is -2.99. The number of benzene rings is 1. The van der Waals surface area contributed by atoms with Crippen LogP contribution >= 0.6 is 11.8 Å². The van der Waals surface area contributed by atoms with Crippen LogP contribution in [0.25, 0.3) is 11.4 Å². The van der Waals surface area contributed by atoms with E-state index in [4.69, 9.17) is 0 Å². The topological polar surface area (TPSA) is 86.9 Å². The molecule has 9 heteroatoms. The molecule has 1 fully saturated rings. The molecule has 4 rings (SSSR count). The third kappa shape index (κ3) is 4.34. The Morgan fingerprint density at radius 1 is 1.19 bits per heavy atom. The van der Waals surface area contributed by atoms with E-state index in [9.17, 15) is 13.2 Å². The van der Waals surface area contributed by atoms with Gasteiger partial charge in [0.25, 0.3) is 0 Å². The van der Waals surface area contributed by atoms with Gasteiger partial charge in [-0.1, -0.05) is 42.1 Å². The predicted octanol–water partition coefficient (Wildman–Crippen LogP) is 3.72. The second-order valence-electron chi connectivity index (χ2n) is 7.84. The summed E-state index contributed by atoms with van der Waals surface area (Å²) in [5, 5.41) is 9.35. The lowest BCUT2D eigenvalue weighted by atomic mass is 10.2. The normalized spacial score (nSPS) is 17.8. The first-order chi connectivity index (χ1) is 14.8. The summed E-state index contributed by atoms with van der Waals surface area (Å²) in [6.07, 6.45) is 0.600. The number of hydrogen-bond acceptors (Lipinski definition) is 6. The third-order valence-corrected chi connectivity index (χ3v) is 8.47. The quantitative estimate of drug-likeness (QED) is 0.396. The highest BCUT2D eigenvalue weighted by Crippen LogP contribution is 2.30. The first kappa shape index (κ1) is 21.8. The van der Waals surface area contributed by atoms with E-state index in [0.717, 1.165) is 22.8 Å². The molecule has 0 saturated carbocycles. The van der Waals surface area contributed by atoms with Crippen LogP contribution in [0.3, 0.4) is 0 Å². The molecule has 1 aromatic carbocycles. The van der Waals surface area contributed by atoms with Gasteiger partial charge >= 0.3 is 0 Å². The van der Waals surface area contributed by atoms with Gasteiger partial charge in [-0.15, -0.1) is 10.2 Å². The molecule has 2 aromatic heterocycles. The summed E-state index contributed by atoms with van der Waals surface area (Å²) in [5.74, 6) is 1.41. The summed E-state index contributed by atoms with van der Waals surface area (Å²) >= 11 is 1.38. The van der Waals surface area contributed by atoms with E-state index < -0.39 is 9.84 Å². The highest BCUT2D eigenvalue weighted by molar-refractivity contribution is 7.99. The second-order valence-corrected chi connectivity index (χ2v) is 11.0. The van der Waals surface area contributed by atoms with Crippen molar-refractivity contribution < 1.29 is 13.2 Å². The van der Waals surface area contributed by atoms with Crippen molar-refractivity contribution in [3.8, 4) is 11.4 Å². The van der Waals surface area contributed by atoms with Crippen molar-refractivity contribution in [2.75, 3.05) is 17.3 Å². The average molecular weight is 459 g/mol. The number of thioether (sulfide) groups is 1. The number of Topliss-reactive ketones (excluding diaryl/α,β-unsaturated/α-hetero) is 1. The number of hydrogen-bond donors (Lipinski definition) is 0. The molecular formula is C22H26N4O3S2. The molecule has 0 amide bonds. The molecule has 3 aromatic rings. The number of nitrogens with zero attached hydrogens (tertiary/aromatic N) is 4. The maximum absolute atomic E-state index is 13.0. The number of carbonyl (C=O) groups is 1. The number of rotatable bonds is 7. The third-order valence-electron chi connectivity index (χ3n) is 5.76. The van der Waals surface area contributed by atoms with Crippen LogP contribution in [0.2, 0.25) is 0 Å². The van der Waals surface area contributed by atoms with Gasteiger partial charge in [0.1, 0.15) is 0 Å². The fourth-order valence-electron chi connectivity index (χ4n) is 4.29. The summed E-state index contributed by atoms with van der Waals surface area (Å²) in [4.78, 5) is 13.0. The average Bonchev–Trinajstić information content (AvgIpc) is 3.41. The zero-order chi connectivity index (χ0) is 22.2. The van der Waals surface area contributed by atoms with Crippen molar-refractivity contribution in [2.24, 2.45) is 0 Å². The molecule has 7 nitrogen and oxygen atoms in total. The first-order valence-corrected chi connectivity index (χ1v) is 13.1. The van der Waals surface area contributed by atoms with E-state index in [1.807, 2.05) is 66.3 Å². The van der Waals surface area contributed by atoms with Gasteiger partial charge in [0.15, 0.2) is 26.6 Å². The Balaban J connectivity index is 1.51. The van der Waals surface area contributed by atoms with Crippen LogP contribution in [-0.2, 0) is 16.4 Å². The zero-order valence-corrected chi connectivity index (χ0v) is 19.5. The second kappa shape index (κ2) is 8.63. The van der Waals surface area contributed by atoms with Gasteiger partial charge < -0.3 is 9.13 Å². The largest absolute Gasteiger partial charge is 0.344 e. The van der Waals surface area contributed by atoms with Crippen molar-refractivity contribution >= 4 is 27.4 Å². The molecule has 0 spiro atoms. The molecule has 31 heavy (non-hydrogen) atoms. The molecule has 1 unspecified atom stereocenters. The molecule has 1 aliphatic rings. The summed E-state index contributed by atoms with van der Waals surface area (Å²) in [6, 6.07) is 11.7. The zero-order valence-electron chi connectivity index (χ0n) is 17.9. The molecular weight excluding hydrogens is 432 g/mol. The highest BCUT2D eigenvalue weighted by Gasteiger charge is 2.31. The van der Waals surface area contributed by atoms with Crippen LogP contribution in [0.15, 0.2) is 41.6 Å². The Kier molecular flexibility index (Phi) is 6.07. The monoisotopic (exact) mass is 458 g/mol. The molecule has 1 atom stereocenters. The number of aromatic nitrogens is 4. The van der Waals surface area contributed by atoms with Crippen LogP contribution in [-0.4, -0.2) is 50.8 Å². The van der Waals surface area contributed by atoms with E-state index in [-0.39, 0.29) is 29.1 Å². The summed E-state index contributed by atoms with van der Waals surface area (Å²) in [6.45, 7) is 6.57. The van der Waals surface area contributed by atoms with Crippen molar-refractivity contribution in [1.82, 2.24) is 19.3 Å². The minimum Gasteiger partial charge on any atom is -0.344 e. The molecule has 164 valence electrons. The minimum atomic E-state index is -2.99. The molecule has 0 bridgehead atoms. The van der Waals surface area contributed by atoms with Crippen molar-refractivity contribution in [2.45, 2.75) is 44.9 Å². The van der Waals surface area contributed by atoms with Gasteiger partial charge in [-0.05, 0) is 33.3 Å².